The number of amides is 1. The smallest absolute Gasteiger partial charge is 0.252 e. The van der Waals surface area contributed by atoms with Gasteiger partial charge in [-0.2, -0.15) is 4.72 Å². The van der Waals surface area contributed by atoms with Crippen molar-refractivity contribution < 1.29 is 13.2 Å². The molecule has 0 saturated carbocycles. The van der Waals surface area contributed by atoms with E-state index in [2.05, 4.69) is 15.0 Å². The third-order valence-electron chi connectivity index (χ3n) is 1.94. The molecule has 0 aromatic carbocycles. The van der Waals surface area contributed by atoms with Crippen LogP contribution in [0.25, 0.3) is 0 Å². The van der Waals surface area contributed by atoms with Crippen LogP contribution in [0, 0.1) is 6.92 Å². The summed E-state index contributed by atoms with van der Waals surface area (Å²) >= 11 is 6.49. The second kappa shape index (κ2) is 5.30. The highest BCUT2D eigenvalue weighted by Crippen LogP contribution is 2.26. The van der Waals surface area contributed by atoms with E-state index in [1.54, 1.807) is 6.92 Å². The minimum absolute atomic E-state index is 0.0262. The zero-order valence-electron chi connectivity index (χ0n) is 9.44. The minimum Gasteiger partial charge on any atom is -0.358 e. The van der Waals surface area contributed by atoms with Crippen LogP contribution in [0.15, 0.2) is 4.21 Å². The predicted octanol–water partition coefficient (Wildman–Crippen LogP) is 0.518. The second-order valence-electron chi connectivity index (χ2n) is 3.30. The molecule has 0 aliphatic rings. The number of thiazole rings is 1. The van der Waals surface area contributed by atoms with Gasteiger partial charge in [0.15, 0.2) is 8.68 Å². The van der Waals surface area contributed by atoms with Crippen LogP contribution in [0.5, 0.6) is 0 Å². The van der Waals surface area contributed by atoms with Crippen molar-refractivity contribution >= 4 is 38.9 Å². The van der Waals surface area contributed by atoms with Crippen molar-refractivity contribution in [3.8, 4) is 0 Å². The first kappa shape index (κ1) is 14.4. The number of carbonyl (C=O) groups excluding carboxylic acids is 1. The number of carbonyl (C=O) groups is 1. The summed E-state index contributed by atoms with van der Waals surface area (Å²) in [6, 6.07) is -0.856. The number of sulfonamides is 1. The van der Waals surface area contributed by atoms with E-state index >= 15 is 0 Å². The fourth-order valence-electron chi connectivity index (χ4n) is 1.16. The Morgan fingerprint density at radius 1 is 1.53 bits per heavy atom. The Morgan fingerprint density at radius 3 is 2.53 bits per heavy atom. The number of nitrogens with one attached hydrogen (secondary N) is 2. The summed E-state index contributed by atoms with van der Waals surface area (Å²) in [5.41, 5.74) is 0.316. The van der Waals surface area contributed by atoms with Crippen molar-refractivity contribution in [3.63, 3.8) is 0 Å². The quantitative estimate of drug-likeness (QED) is 0.848. The SMILES string of the molecule is CNC(=O)C(C)NS(=O)(=O)c1sc(Cl)nc1C. The minimum atomic E-state index is -3.76. The molecule has 0 bridgehead atoms. The van der Waals surface area contributed by atoms with Crippen LogP contribution in [0.1, 0.15) is 12.6 Å². The lowest BCUT2D eigenvalue weighted by atomic mass is 10.3. The molecule has 0 saturated heterocycles. The second-order valence-corrected chi connectivity index (χ2v) is 6.79. The molecular weight excluding hydrogens is 286 g/mol. The summed E-state index contributed by atoms with van der Waals surface area (Å²) in [6.07, 6.45) is 0. The topological polar surface area (TPSA) is 88.2 Å². The third-order valence-corrected chi connectivity index (χ3v) is 5.36. The first-order valence-electron chi connectivity index (χ1n) is 4.64. The summed E-state index contributed by atoms with van der Waals surface area (Å²) in [6.45, 7) is 3.00. The Bertz CT molecular complexity index is 526. The molecule has 6 nitrogen and oxygen atoms in total. The van der Waals surface area contributed by atoms with Gasteiger partial charge in [-0.3, -0.25) is 4.79 Å². The number of halogens is 1. The summed E-state index contributed by atoms with van der Waals surface area (Å²) in [5, 5.41) is 2.35. The molecule has 1 amide bonds. The predicted molar refractivity (Wildman–Crippen MR) is 65.7 cm³/mol. The summed E-state index contributed by atoms with van der Waals surface area (Å²) in [4.78, 5) is 15.0. The number of rotatable bonds is 4. The van der Waals surface area contributed by atoms with Gasteiger partial charge in [0.25, 0.3) is 10.0 Å². The van der Waals surface area contributed by atoms with E-state index in [1.165, 1.54) is 14.0 Å². The lowest BCUT2D eigenvalue weighted by molar-refractivity contribution is -0.121. The highest BCUT2D eigenvalue weighted by Gasteiger charge is 2.25. The van der Waals surface area contributed by atoms with Gasteiger partial charge in [0.2, 0.25) is 5.91 Å². The molecule has 1 heterocycles. The molecule has 96 valence electrons. The fourth-order valence-corrected chi connectivity index (χ4v) is 4.11. The number of nitrogens with zero attached hydrogens (tertiary/aromatic N) is 1. The van der Waals surface area contributed by atoms with Crippen LogP contribution in [0.2, 0.25) is 4.47 Å². The Kier molecular flexibility index (Phi) is 4.48. The maximum Gasteiger partial charge on any atom is 0.252 e. The molecule has 0 aliphatic heterocycles. The lowest BCUT2D eigenvalue weighted by Gasteiger charge is -2.11. The highest BCUT2D eigenvalue weighted by atomic mass is 35.5. The van der Waals surface area contributed by atoms with Crippen molar-refractivity contribution in [2.75, 3.05) is 7.05 Å². The Hall–Kier alpha value is -0.700. The monoisotopic (exact) mass is 297 g/mol. The number of likely N-dealkylation sites (N-methyl/N-ethyl adjacent to an activating group) is 1. The maximum absolute atomic E-state index is 11.9. The lowest BCUT2D eigenvalue weighted by Crippen LogP contribution is -2.43. The third kappa shape index (κ3) is 3.38. The zero-order chi connectivity index (χ0) is 13.2. The number of aromatic nitrogens is 1. The molecule has 1 rings (SSSR count). The molecule has 1 atom stereocenters. The van der Waals surface area contributed by atoms with Gasteiger partial charge in [-0.25, -0.2) is 13.4 Å². The molecule has 0 aliphatic carbocycles. The Morgan fingerprint density at radius 2 is 2.12 bits per heavy atom. The first-order chi connectivity index (χ1) is 7.77. The average molecular weight is 298 g/mol. The molecule has 0 fully saturated rings. The van der Waals surface area contributed by atoms with Crippen molar-refractivity contribution in [1.29, 1.82) is 0 Å². The van der Waals surface area contributed by atoms with E-state index in [4.69, 9.17) is 11.6 Å². The Labute approximate surface area is 108 Å². The molecule has 1 unspecified atom stereocenters. The highest BCUT2D eigenvalue weighted by molar-refractivity contribution is 7.91. The van der Waals surface area contributed by atoms with E-state index < -0.39 is 22.0 Å². The van der Waals surface area contributed by atoms with E-state index in [0.29, 0.717) is 5.69 Å². The molecular formula is C8H12ClN3O3S2. The van der Waals surface area contributed by atoms with Crippen LogP contribution < -0.4 is 10.0 Å². The van der Waals surface area contributed by atoms with Crippen LogP contribution in [-0.4, -0.2) is 32.4 Å². The van der Waals surface area contributed by atoms with Crippen molar-refractivity contribution in [2.45, 2.75) is 24.1 Å². The number of hydrogen-bond donors (Lipinski definition) is 2. The normalized spacial score (nSPS) is 13.4. The van der Waals surface area contributed by atoms with E-state index in [0.717, 1.165) is 11.3 Å². The molecule has 0 radical (unpaired) electrons. The summed E-state index contributed by atoms with van der Waals surface area (Å²) in [5.74, 6) is -0.415. The molecule has 17 heavy (non-hydrogen) atoms. The van der Waals surface area contributed by atoms with Crippen LogP contribution in [0.3, 0.4) is 0 Å². The van der Waals surface area contributed by atoms with Gasteiger partial charge in [-0.15, -0.1) is 0 Å². The molecule has 0 spiro atoms. The molecule has 2 N–H and O–H groups in total. The fraction of sp³-hybridized carbons (Fsp3) is 0.500. The van der Waals surface area contributed by atoms with Gasteiger partial charge < -0.3 is 5.32 Å². The van der Waals surface area contributed by atoms with Crippen molar-refractivity contribution in [1.82, 2.24) is 15.0 Å². The van der Waals surface area contributed by atoms with Gasteiger partial charge in [0, 0.05) is 7.05 Å². The van der Waals surface area contributed by atoms with Gasteiger partial charge in [-0.05, 0) is 13.8 Å². The van der Waals surface area contributed by atoms with Crippen molar-refractivity contribution in [2.24, 2.45) is 0 Å². The summed E-state index contributed by atoms with van der Waals surface area (Å²) in [7, 11) is -2.33. The van der Waals surface area contributed by atoms with E-state index in [1.807, 2.05) is 0 Å². The zero-order valence-corrected chi connectivity index (χ0v) is 11.8. The molecule has 1 aromatic heterocycles. The van der Waals surface area contributed by atoms with Gasteiger partial charge in [-0.1, -0.05) is 22.9 Å². The molecule has 9 heteroatoms. The van der Waals surface area contributed by atoms with Crippen LogP contribution in [0.4, 0.5) is 0 Å². The average Bonchev–Trinajstić information content (AvgIpc) is 2.56. The van der Waals surface area contributed by atoms with E-state index in [-0.39, 0.29) is 8.68 Å². The maximum atomic E-state index is 11.9. The van der Waals surface area contributed by atoms with Crippen LogP contribution in [-0.2, 0) is 14.8 Å². The standard InChI is InChI=1S/C8H12ClN3O3S2/c1-4(6(13)10-3)12-17(14,15)7-5(2)11-8(9)16-7/h4,12H,1-3H3,(H,10,13). The van der Waals surface area contributed by atoms with E-state index in [9.17, 15) is 13.2 Å². The van der Waals surface area contributed by atoms with Gasteiger partial charge >= 0.3 is 0 Å². The first-order valence-corrected chi connectivity index (χ1v) is 7.32. The largest absolute Gasteiger partial charge is 0.358 e. The molecule has 1 aromatic rings. The number of aryl methyl sites for hydroxylation is 1. The van der Waals surface area contributed by atoms with Gasteiger partial charge in [0.1, 0.15) is 0 Å². The summed E-state index contributed by atoms with van der Waals surface area (Å²) < 4.78 is 26.3. The van der Waals surface area contributed by atoms with Crippen molar-refractivity contribution in [3.05, 3.63) is 10.2 Å². The van der Waals surface area contributed by atoms with Gasteiger partial charge in [0.05, 0.1) is 11.7 Å². The number of hydrogen-bond acceptors (Lipinski definition) is 5. The van der Waals surface area contributed by atoms with Crippen LogP contribution >= 0.6 is 22.9 Å². The Balaban J connectivity index is 2.97.